The molecule has 1 aliphatic rings. The van der Waals surface area contributed by atoms with Crippen molar-refractivity contribution < 1.29 is 5.11 Å². The molecular weight excluding hydrogens is 200 g/mol. The number of rotatable bonds is 1. The Kier molecular flexibility index (Phi) is 2.84. The van der Waals surface area contributed by atoms with Crippen molar-refractivity contribution in [3.63, 3.8) is 0 Å². The van der Waals surface area contributed by atoms with Crippen LogP contribution in [0.5, 0.6) is 0 Å². The fourth-order valence-electron chi connectivity index (χ4n) is 1.99. The van der Waals surface area contributed by atoms with Gasteiger partial charge in [0.25, 0.3) is 0 Å². The topological polar surface area (TPSA) is 47.3 Å². The number of aliphatic hydroxyl groups is 1. The highest BCUT2D eigenvalue weighted by Gasteiger charge is 2.27. The van der Waals surface area contributed by atoms with Crippen molar-refractivity contribution in [3.05, 3.63) is 29.8 Å². The molecule has 0 aromatic heterocycles. The van der Waals surface area contributed by atoms with Crippen molar-refractivity contribution in [1.29, 1.82) is 5.26 Å². The van der Waals surface area contributed by atoms with Gasteiger partial charge < -0.3 is 10.0 Å². The highest BCUT2D eigenvalue weighted by Crippen LogP contribution is 2.25. The van der Waals surface area contributed by atoms with Gasteiger partial charge in [-0.1, -0.05) is 0 Å². The van der Waals surface area contributed by atoms with Gasteiger partial charge in [0, 0.05) is 18.8 Å². The molecule has 0 bridgehead atoms. The standard InChI is InChI=1S/C13H16N2O/c1-13(16)6-8-15(9-7-13)12-4-2-11(10-14)3-5-12/h2-5,16H,6-9H2,1H3. The van der Waals surface area contributed by atoms with E-state index in [2.05, 4.69) is 11.0 Å². The summed E-state index contributed by atoms with van der Waals surface area (Å²) in [7, 11) is 0. The maximum Gasteiger partial charge on any atom is 0.0991 e. The van der Waals surface area contributed by atoms with E-state index in [9.17, 15) is 5.11 Å². The van der Waals surface area contributed by atoms with Crippen molar-refractivity contribution in [3.8, 4) is 6.07 Å². The summed E-state index contributed by atoms with van der Waals surface area (Å²) in [5, 5.41) is 18.6. The van der Waals surface area contributed by atoms with E-state index in [-0.39, 0.29) is 0 Å². The van der Waals surface area contributed by atoms with Gasteiger partial charge in [0.2, 0.25) is 0 Å². The quantitative estimate of drug-likeness (QED) is 0.780. The number of nitriles is 1. The molecule has 1 aliphatic heterocycles. The van der Waals surface area contributed by atoms with E-state index in [4.69, 9.17) is 5.26 Å². The Balaban J connectivity index is 2.06. The van der Waals surface area contributed by atoms with Crippen LogP contribution in [-0.2, 0) is 0 Å². The Hall–Kier alpha value is -1.53. The fraction of sp³-hybridized carbons (Fsp3) is 0.462. The first kappa shape index (κ1) is 11.0. The second kappa shape index (κ2) is 4.15. The van der Waals surface area contributed by atoms with Gasteiger partial charge in [-0.3, -0.25) is 0 Å². The summed E-state index contributed by atoms with van der Waals surface area (Å²) in [5.74, 6) is 0. The van der Waals surface area contributed by atoms with Crippen LogP contribution < -0.4 is 4.90 Å². The molecule has 0 radical (unpaired) electrons. The zero-order chi connectivity index (χ0) is 11.6. The number of piperidine rings is 1. The lowest BCUT2D eigenvalue weighted by atomic mass is 9.93. The van der Waals surface area contributed by atoms with E-state index in [0.717, 1.165) is 31.6 Å². The molecule has 1 aromatic carbocycles. The summed E-state index contributed by atoms with van der Waals surface area (Å²) in [5.41, 5.74) is 1.31. The molecule has 1 fully saturated rings. The van der Waals surface area contributed by atoms with Gasteiger partial charge in [-0.25, -0.2) is 0 Å². The van der Waals surface area contributed by atoms with Crippen molar-refractivity contribution >= 4 is 5.69 Å². The minimum Gasteiger partial charge on any atom is -0.390 e. The van der Waals surface area contributed by atoms with Crippen molar-refractivity contribution in [2.75, 3.05) is 18.0 Å². The highest BCUT2D eigenvalue weighted by atomic mass is 16.3. The molecule has 1 N–H and O–H groups in total. The Morgan fingerprint density at radius 3 is 2.31 bits per heavy atom. The summed E-state index contributed by atoms with van der Waals surface area (Å²) in [4.78, 5) is 2.25. The monoisotopic (exact) mass is 216 g/mol. The zero-order valence-corrected chi connectivity index (χ0v) is 9.48. The second-order valence-electron chi connectivity index (χ2n) is 4.64. The number of anilines is 1. The number of benzene rings is 1. The summed E-state index contributed by atoms with van der Waals surface area (Å²) >= 11 is 0. The summed E-state index contributed by atoms with van der Waals surface area (Å²) in [6.07, 6.45) is 1.60. The Morgan fingerprint density at radius 1 is 1.25 bits per heavy atom. The van der Waals surface area contributed by atoms with Crippen molar-refractivity contribution in [1.82, 2.24) is 0 Å². The second-order valence-corrected chi connectivity index (χ2v) is 4.64. The van der Waals surface area contributed by atoms with E-state index < -0.39 is 5.60 Å². The molecular formula is C13H16N2O. The third-order valence-corrected chi connectivity index (χ3v) is 3.20. The van der Waals surface area contributed by atoms with Gasteiger partial charge in [0.1, 0.15) is 0 Å². The number of hydrogen-bond donors (Lipinski definition) is 1. The van der Waals surface area contributed by atoms with E-state index in [1.54, 1.807) is 0 Å². The van der Waals surface area contributed by atoms with Gasteiger partial charge >= 0.3 is 0 Å². The molecule has 0 saturated carbocycles. The van der Waals surface area contributed by atoms with Crippen LogP contribution in [0.3, 0.4) is 0 Å². The number of hydrogen-bond acceptors (Lipinski definition) is 3. The smallest absolute Gasteiger partial charge is 0.0991 e. The first-order valence-corrected chi connectivity index (χ1v) is 5.58. The molecule has 16 heavy (non-hydrogen) atoms. The normalized spacial score (nSPS) is 19.2. The first-order valence-electron chi connectivity index (χ1n) is 5.58. The van der Waals surface area contributed by atoms with Gasteiger partial charge in [0.15, 0.2) is 0 Å². The lowest BCUT2D eigenvalue weighted by Gasteiger charge is -2.37. The van der Waals surface area contributed by atoms with Gasteiger partial charge in [-0.15, -0.1) is 0 Å². The van der Waals surface area contributed by atoms with Crippen LogP contribution in [-0.4, -0.2) is 23.8 Å². The van der Waals surface area contributed by atoms with Gasteiger partial charge in [-0.05, 0) is 44.0 Å². The molecule has 1 aromatic rings. The highest BCUT2D eigenvalue weighted by molar-refractivity contribution is 5.50. The molecule has 1 saturated heterocycles. The molecule has 0 amide bonds. The van der Waals surface area contributed by atoms with Crippen molar-refractivity contribution in [2.45, 2.75) is 25.4 Å². The molecule has 84 valence electrons. The minimum absolute atomic E-state index is 0.511. The molecule has 0 unspecified atom stereocenters. The van der Waals surface area contributed by atoms with Crippen LogP contribution in [0.1, 0.15) is 25.3 Å². The third-order valence-electron chi connectivity index (χ3n) is 3.20. The fourth-order valence-corrected chi connectivity index (χ4v) is 1.99. The third kappa shape index (κ3) is 2.34. The van der Waals surface area contributed by atoms with Gasteiger partial charge in [0.05, 0.1) is 17.2 Å². The van der Waals surface area contributed by atoms with Crippen LogP contribution in [0.15, 0.2) is 24.3 Å². The van der Waals surface area contributed by atoms with Crippen LogP contribution in [0.4, 0.5) is 5.69 Å². The SMILES string of the molecule is CC1(O)CCN(c2ccc(C#N)cc2)CC1. The van der Waals surface area contributed by atoms with Crippen molar-refractivity contribution in [2.24, 2.45) is 0 Å². The summed E-state index contributed by atoms with van der Waals surface area (Å²) in [6.45, 7) is 3.64. The zero-order valence-electron chi connectivity index (χ0n) is 9.48. The van der Waals surface area contributed by atoms with E-state index in [1.807, 2.05) is 31.2 Å². The lowest BCUT2D eigenvalue weighted by Crippen LogP contribution is -2.42. The average molecular weight is 216 g/mol. The molecule has 2 rings (SSSR count). The summed E-state index contributed by atoms with van der Waals surface area (Å²) in [6, 6.07) is 9.72. The van der Waals surface area contributed by atoms with E-state index in [0.29, 0.717) is 5.56 Å². The summed E-state index contributed by atoms with van der Waals surface area (Å²) < 4.78 is 0. The van der Waals surface area contributed by atoms with Gasteiger partial charge in [-0.2, -0.15) is 5.26 Å². The largest absolute Gasteiger partial charge is 0.390 e. The predicted molar refractivity (Wildman–Crippen MR) is 63.2 cm³/mol. The first-order chi connectivity index (χ1) is 7.61. The average Bonchev–Trinajstić information content (AvgIpc) is 2.29. The molecule has 3 nitrogen and oxygen atoms in total. The number of nitrogens with zero attached hydrogens (tertiary/aromatic N) is 2. The maximum atomic E-state index is 9.85. The molecule has 0 aliphatic carbocycles. The molecule has 3 heteroatoms. The molecule has 0 atom stereocenters. The van der Waals surface area contributed by atoms with E-state index >= 15 is 0 Å². The Labute approximate surface area is 95.9 Å². The molecule has 1 heterocycles. The Bertz CT molecular complexity index is 393. The lowest BCUT2D eigenvalue weighted by molar-refractivity contribution is 0.0351. The van der Waals surface area contributed by atoms with Crippen LogP contribution >= 0.6 is 0 Å². The molecule has 0 spiro atoms. The van der Waals surface area contributed by atoms with Crippen LogP contribution in [0.25, 0.3) is 0 Å². The van der Waals surface area contributed by atoms with E-state index in [1.165, 1.54) is 0 Å². The Morgan fingerprint density at radius 2 is 1.81 bits per heavy atom. The minimum atomic E-state index is -0.511. The van der Waals surface area contributed by atoms with Crippen LogP contribution in [0.2, 0.25) is 0 Å². The van der Waals surface area contributed by atoms with Crippen LogP contribution in [0, 0.1) is 11.3 Å². The predicted octanol–water partition coefficient (Wildman–Crippen LogP) is 1.91. The maximum absolute atomic E-state index is 9.85.